The minimum Gasteiger partial charge on any atom is -0.476 e. The summed E-state index contributed by atoms with van der Waals surface area (Å²) in [4.78, 5) is 27.1. The first-order valence-electron chi connectivity index (χ1n) is 5.11. The first kappa shape index (κ1) is 12.7. The third-order valence-corrected chi connectivity index (χ3v) is 4.10. The summed E-state index contributed by atoms with van der Waals surface area (Å²) in [5.74, 6) is -1.24. The summed E-state index contributed by atoms with van der Waals surface area (Å²) < 4.78 is 0. The Kier molecular flexibility index (Phi) is 3.73. The summed E-state index contributed by atoms with van der Waals surface area (Å²) in [5, 5.41) is 15.4. The molecule has 2 aromatic heterocycles. The number of carbonyl (C=O) groups is 2. The number of nitrogens with zero attached hydrogens (tertiary/aromatic N) is 1. The number of nitrogens with one attached hydrogen (secondary N) is 1. The maximum absolute atomic E-state index is 11.8. The molecule has 18 heavy (non-hydrogen) atoms. The number of thiazole rings is 1. The van der Waals surface area contributed by atoms with E-state index in [1.54, 1.807) is 19.1 Å². The van der Waals surface area contributed by atoms with E-state index in [2.05, 4.69) is 10.3 Å². The Morgan fingerprint density at radius 1 is 1.44 bits per heavy atom. The molecule has 2 aromatic rings. The van der Waals surface area contributed by atoms with Gasteiger partial charge in [-0.2, -0.15) is 0 Å². The number of amides is 1. The molecule has 7 heteroatoms. The molecule has 2 rings (SSSR count). The quantitative estimate of drug-likeness (QED) is 0.902. The molecule has 1 amide bonds. The van der Waals surface area contributed by atoms with E-state index in [1.165, 1.54) is 28.1 Å². The van der Waals surface area contributed by atoms with Crippen LogP contribution in [0.4, 0.5) is 0 Å². The van der Waals surface area contributed by atoms with Gasteiger partial charge >= 0.3 is 5.97 Å². The van der Waals surface area contributed by atoms with Crippen LogP contribution in [0.15, 0.2) is 22.9 Å². The van der Waals surface area contributed by atoms with Crippen molar-refractivity contribution < 1.29 is 14.7 Å². The first-order chi connectivity index (χ1) is 8.58. The van der Waals surface area contributed by atoms with Crippen molar-refractivity contribution in [2.45, 2.75) is 13.0 Å². The monoisotopic (exact) mass is 282 g/mol. The molecule has 2 heterocycles. The Bertz CT molecular complexity index is 563. The third-order valence-electron chi connectivity index (χ3n) is 2.20. The number of carboxylic acid groups (broad SMARTS) is 1. The van der Waals surface area contributed by atoms with Gasteiger partial charge in [-0.25, -0.2) is 9.78 Å². The smallest absolute Gasteiger partial charge is 0.355 e. The zero-order chi connectivity index (χ0) is 13.1. The van der Waals surface area contributed by atoms with Crippen LogP contribution in [0.25, 0.3) is 0 Å². The number of hydrogen-bond acceptors (Lipinski definition) is 5. The molecule has 0 aliphatic rings. The van der Waals surface area contributed by atoms with Crippen molar-refractivity contribution in [2.24, 2.45) is 0 Å². The average Bonchev–Trinajstić information content (AvgIpc) is 3.00. The molecule has 5 nitrogen and oxygen atoms in total. The lowest BCUT2D eigenvalue weighted by Gasteiger charge is -2.09. The first-order valence-corrected chi connectivity index (χ1v) is 6.87. The molecule has 1 unspecified atom stereocenters. The van der Waals surface area contributed by atoms with Crippen molar-refractivity contribution in [3.05, 3.63) is 38.5 Å². The maximum Gasteiger partial charge on any atom is 0.355 e. The number of aromatic carboxylic acids is 1. The Balaban J connectivity index is 2.05. The van der Waals surface area contributed by atoms with E-state index in [9.17, 15) is 9.59 Å². The Hall–Kier alpha value is -1.73. The van der Waals surface area contributed by atoms with Crippen LogP contribution in [-0.4, -0.2) is 22.0 Å². The van der Waals surface area contributed by atoms with Crippen LogP contribution in [0.3, 0.4) is 0 Å². The molecule has 0 aliphatic carbocycles. The highest BCUT2D eigenvalue weighted by molar-refractivity contribution is 7.12. The van der Waals surface area contributed by atoms with E-state index in [4.69, 9.17) is 5.11 Å². The highest BCUT2D eigenvalue weighted by Gasteiger charge is 2.16. The van der Waals surface area contributed by atoms with Crippen LogP contribution in [0.2, 0.25) is 0 Å². The van der Waals surface area contributed by atoms with Crippen molar-refractivity contribution in [3.8, 4) is 0 Å². The average molecular weight is 282 g/mol. The van der Waals surface area contributed by atoms with Crippen molar-refractivity contribution in [2.75, 3.05) is 0 Å². The number of thiophene rings is 1. The van der Waals surface area contributed by atoms with E-state index < -0.39 is 5.97 Å². The molecule has 1 atom stereocenters. The number of hydrogen-bond donors (Lipinski definition) is 2. The fourth-order valence-electron chi connectivity index (χ4n) is 1.32. The van der Waals surface area contributed by atoms with Crippen LogP contribution < -0.4 is 5.32 Å². The van der Waals surface area contributed by atoms with Gasteiger partial charge in [-0.05, 0) is 18.4 Å². The van der Waals surface area contributed by atoms with Crippen molar-refractivity contribution in [1.29, 1.82) is 0 Å². The molecule has 0 spiro atoms. The molecule has 0 fully saturated rings. The Morgan fingerprint density at radius 2 is 2.22 bits per heavy atom. The summed E-state index contributed by atoms with van der Waals surface area (Å²) in [6.45, 7) is 1.77. The second-order valence-corrected chi connectivity index (χ2v) is 5.39. The van der Waals surface area contributed by atoms with E-state index >= 15 is 0 Å². The van der Waals surface area contributed by atoms with Gasteiger partial charge in [-0.15, -0.1) is 22.7 Å². The predicted molar refractivity (Wildman–Crippen MR) is 69.3 cm³/mol. The van der Waals surface area contributed by atoms with Gasteiger partial charge in [0.1, 0.15) is 5.01 Å². The summed E-state index contributed by atoms with van der Waals surface area (Å²) >= 11 is 2.58. The fraction of sp³-hybridized carbons (Fsp3) is 0.182. The molecule has 0 aliphatic heterocycles. The molecule has 0 bridgehead atoms. The molecule has 94 valence electrons. The highest BCUT2D eigenvalue weighted by atomic mass is 32.1. The maximum atomic E-state index is 11.8. The van der Waals surface area contributed by atoms with Gasteiger partial charge in [0, 0.05) is 5.38 Å². The second-order valence-electron chi connectivity index (χ2n) is 3.55. The molecule has 0 aromatic carbocycles. The molecular weight excluding hydrogens is 272 g/mol. The van der Waals surface area contributed by atoms with Crippen molar-refractivity contribution >= 4 is 34.6 Å². The van der Waals surface area contributed by atoms with E-state index in [1.807, 2.05) is 5.38 Å². The van der Waals surface area contributed by atoms with Crippen LogP contribution in [0.5, 0.6) is 0 Å². The highest BCUT2D eigenvalue weighted by Crippen LogP contribution is 2.19. The zero-order valence-corrected chi connectivity index (χ0v) is 11.0. The van der Waals surface area contributed by atoms with Gasteiger partial charge < -0.3 is 10.4 Å². The van der Waals surface area contributed by atoms with Crippen LogP contribution >= 0.6 is 22.7 Å². The number of carbonyl (C=O) groups excluding carboxylic acids is 1. The SMILES string of the molecule is CC(NC(=O)c1cccs1)c1nc(C(=O)O)cs1. The van der Waals surface area contributed by atoms with Gasteiger partial charge in [0.05, 0.1) is 10.9 Å². The summed E-state index contributed by atoms with van der Waals surface area (Å²) in [6, 6.07) is 3.23. The number of rotatable bonds is 4. The molecule has 2 N–H and O–H groups in total. The van der Waals surface area contributed by atoms with E-state index in [-0.39, 0.29) is 17.6 Å². The fourth-order valence-corrected chi connectivity index (χ4v) is 2.75. The van der Waals surface area contributed by atoms with E-state index in [0.29, 0.717) is 9.88 Å². The third kappa shape index (κ3) is 2.74. The normalized spacial score (nSPS) is 12.1. The molecule has 0 radical (unpaired) electrons. The predicted octanol–water partition coefficient (Wildman–Crippen LogP) is 2.39. The van der Waals surface area contributed by atoms with Gasteiger partial charge in [0.15, 0.2) is 5.69 Å². The standard InChI is InChI=1S/C11H10N2O3S2/c1-6(10-13-7(5-18-10)11(15)16)12-9(14)8-3-2-4-17-8/h2-6H,1H3,(H,12,14)(H,15,16). The number of aromatic nitrogens is 1. The van der Waals surface area contributed by atoms with Crippen molar-refractivity contribution in [1.82, 2.24) is 10.3 Å². The second kappa shape index (κ2) is 5.28. The molecular formula is C11H10N2O3S2. The van der Waals surface area contributed by atoms with Crippen LogP contribution in [0, 0.1) is 0 Å². The summed E-state index contributed by atoms with van der Waals surface area (Å²) in [5.41, 5.74) is 0.00669. The zero-order valence-electron chi connectivity index (χ0n) is 9.41. The van der Waals surface area contributed by atoms with Crippen LogP contribution in [0.1, 0.15) is 38.1 Å². The van der Waals surface area contributed by atoms with Gasteiger partial charge in [-0.3, -0.25) is 4.79 Å². The Morgan fingerprint density at radius 3 is 2.78 bits per heavy atom. The molecule has 0 saturated carbocycles. The lowest BCUT2D eigenvalue weighted by molar-refractivity contribution is 0.0691. The minimum absolute atomic E-state index is 0.00669. The van der Waals surface area contributed by atoms with Gasteiger partial charge in [-0.1, -0.05) is 6.07 Å². The van der Waals surface area contributed by atoms with Gasteiger partial charge in [0.2, 0.25) is 0 Å². The van der Waals surface area contributed by atoms with E-state index in [0.717, 1.165) is 0 Å². The molecule has 0 saturated heterocycles. The summed E-state index contributed by atoms with van der Waals surface area (Å²) in [6.07, 6.45) is 0. The summed E-state index contributed by atoms with van der Waals surface area (Å²) in [7, 11) is 0. The van der Waals surface area contributed by atoms with Gasteiger partial charge in [0.25, 0.3) is 5.91 Å². The lowest BCUT2D eigenvalue weighted by atomic mass is 10.3. The van der Waals surface area contributed by atoms with Crippen LogP contribution in [-0.2, 0) is 0 Å². The van der Waals surface area contributed by atoms with Crippen molar-refractivity contribution in [3.63, 3.8) is 0 Å². The minimum atomic E-state index is -1.06. The lowest BCUT2D eigenvalue weighted by Crippen LogP contribution is -2.25. The largest absolute Gasteiger partial charge is 0.476 e. The Labute approximate surface area is 111 Å². The number of carboxylic acids is 1. The topological polar surface area (TPSA) is 79.3 Å².